The molecule has 0 saturated carbocycles. The number of rotatable bonds is 5. The van der Waals surface area contributed by atoms with E-state index in [0.29, 0.717) is 12.0 Å². The van der Waals surface area contributed by atoms with Crippen molar-refractivity contribution in [1.29, 1.82) is 0 Å². The summed E-state index contributed by atoms with van der Waals surface area (Å²) in [5, 5.41) is 7.13. The first-order chi connectivity index (χ1) is 9.54. The van der Waals surface area contributed by atoms with Gasteiger partial charge >= 0.3 is 6.18 Å². The molecule has 0 aliphatic carbocycles. The van der Waals surface area contributed by atoms with Crippen LogP contribution in [0, 0.1) is 0 Å². The lowest BCUT2D eigenvalue weighted by atomic mass is 10.1. The maximum absolute atomic E-state index is 12.0. The third-order valence-corrected chi connectivity index (χ3v) is 3.70. The second kappa shape index (κ2) is 6.44. The number of amides is 1. The van der Waals surface area contributed by atoms with E-state index in [9.17, 15) is 26.4 Å². The number of hydrogen-bond acceptors (Lipinski definition) is 3. The average molecular weight is 324 g/mol. The fourth-order valence-electron chi connectivity index (χ4n) is 1.67. The number of halogens is 3. The summed E-state index contributed by atoms with van der Waals surface area (Å²) in [6.07, 6.45) is -5.14. The van der Waals surface area contributed by atoms with Crippen molar-refractivity contribution in [2.24, 2.45) is 5.14 Å². The summed E-state index contributed by atoms with van der Waals surface area (Å²) in [5.74, 6) is -0.785. The standard InChI is InChI=1S/C12H15F3N2O3S/c1-2-8-3-4-9(7-10(8)21(16,19)20)11(18)17-6-5-12(13,14)15/h3-4,7H,2,5-6H2,1H3,(H,17,18)(H2,16,19,20). The highest BCUT2D eigenvalue weighted by Gasteiger charge is 2.26. The molecular formula is C12H15F3N2O3S. The van der Waals surface area contributed by atoms with Crippen LogP contribution in [0.25, 0.3) is 0 Å². The predicted molar refractivity (Wildman–Crippen MR) is 70.2 cm³/mol. The van der Waals surface area contributed by atoms with Crippen LogP contribution in [0.4, 0.5) is 13.2 Å². The van der Waals surface area contributed by atoms with Crippen molar-refractivity contribution in [2.75, 3.05) is 6.54 Å². The van der Waals surface area contributed by atoms with Crippen LogP contribution in [-0.2, 0) is 16.4 Å². The Morgan fingerprint density at radius 3 is 2.43 bits per heavy atom. The lowest BCUT2D eigenvalue weighted by Gasteiger charge is -2.10. The molecule has 0 spiro atoms. The van der Waals surface area contributed by atoms with Gasteiger partial charge in [0, 0.05) is 12.1 Å². The van der Waals surface area contributed by atoms with Crippen molar-refractivity contribution in [1.82, 2.24) is 5.32 Å². The van der Waals surface area contributed by atoms with Crippen LogP contribution in [0.5, 0.6) is 0 Å². The number of nitrogens with one attached hydrogen (secondary N) is 1. The average Bonchev–Trinajstić information content (AvgIpc) is 2.35. The van der Waals surface area contributed by atoms with E-state index in [1.807, 2.05) is 0 Å². The molecular weight excluding hydrogens is 309 g/mol. The number of benzene rings is 1. The summed E-state index contributed by atoms with van der Waals surface area (Å²) in [6, 6.07) is 3.83. The Hall–Kier alpha value is -1.61. The number of nitrogens with two attached hydrogens (primary N) is 1. The Balaban J connectivity index is 2.92. The molecule has 0 unspecified atom stereocenters. The van der Waals surface area contributed by atoms with Crippen LogP contribution >= 0.6 is 0 Å². The minimum absolute atomic E-state index is 0.0570. The zero-order chi connectivity index (χ0) is 16.3. The zero-order valence-corrected chi connectivity index (χ0v) is 12.0. The first-order valence-corrected chi connectivity index (χ1v) is 7.60. The third-order valence-electron chi connectivity index (χ3n) is 2.71. The normalized spacial score (nSPS) is 12.2. The molecule has 1 amide bonds. The second-order valence-electron chi connectivity index (χ2n) is 4.34. The van der Waals surface area contributed by atoms with E-state index in [1.54, 1.807) is 6.92 Å². The summed E-state index contributed by atoms with van der Waals surface area (Å²) in [5.41, 5.74) is 0.378. The van der Waals surface area contributed by atoms with Gasteiger partial charge in [0.15, 0.2) is 0 Å². The molecule has 0 fully saturated rings. The fourth-order valence-corrected chi connectivity index (χ4v) is 2.54. The second-order valence-corrected chi connectivity index (χ2v) is 5.87. The van der Waals surface area contributed by atoms with E-state index >= 15 is 0 Å². The van der Waals surface area contributed by atoms with Crippen molar-refractivity contribution in [2.45, 2.75) is 30.8 Å². The predicted octanol–water partition coefficient (Wildman–Crippen LogP) is 1.58. The summed E-state index contributed by atoms with van der Waals surface area (Å²) >= 11 is 0. The molecule has 0 radical (unpaired) electrons. The van der Waals surface area contributed by atoms with Gasteiger partial charge in [-0.15, -0.1) is 0 Å². The maximum atomic E-state index is 12.0. The molecule has 1 aromatic carbocycles. The Labute approximate surface area is 120 Å². The number of sulfonamides is 1. The minimum Gasteiger partial charge on any atom is -0.352 e. The topological polar surface area (TPSA) is 89.3 Å². The first kappa shape index (κ1) is 17.4. The molecule has 0 heterocycles. The first-order valence-electron chi connectivity index (χ1n) is 6.05. The molecule has 21 heavy (non-hydrogen) atoms. The van der Waals surface area contributed by atoms with Crippen LogP contribution in [0.1, 0.15) is 29.3 Å². The number of alkyl halides is 3. The van der Waals surface area contributed by atoms with Gasteiger partial charge in [0.05, 0.1) is 11.3 Å². The summed E-state index contributed by atoms with van der Waals surface area (Å²) < 4.78 is 58.8. The monoisotopic (exact) mass is 324 g/mol. The summed E-state index contributed by atoms with van der Waals surface area (Å²) in [6.45, 7) is 1.13. The molecule has 0 saturated heterocycles. The Kier molecular flexibility index (Phi) is 5.35. The Morgan fingerprint density at radius 1 is 1.33 bits per heavy atom. The highest BCUT2D eigenvalue weighted by Crippen LogP contribution is 2.19. The lowest BCUT2D eigenvalue weighted by molar-refractivity contribution is -0.132. The van der Waals surface area contributed by atoms with E-state index in [2.05, 4.69) is 5.32 Å². The van der Waals surface area contributed by atoms with Crippen LogP contribution in [0.15, 0.2) is 23.1 Å². The molecule has 0 atom stereocenters. The lowest BCUT2D eigenvalue weighted by Crippen LogP contribution is -2.28. The van der Waals surface area contributed by atoms with Gasteiger partial charge in [-0.3, -0.25) is 4.79 Å². The molecule has 9 heteroatoms. The van der Waals surface area contributed by atoms with E-state index in [1.165, 1.54) is 12.1 Å². The SMILES string of the molecule is CCc1ccc(C(=O)NCCC(F)(F)F)cc1S(N)(=O)=O. The van der Waals surface area contributed by atoms with Gasteiger partial charge in [0.2, 0.25) is 10.0 Å². The zero-order valence-electron chi connectivity index (χ0n) is 11.2. The third kappa shape index (κ3) is 5.35. The number of carbonyl (C=O) groups is 1. The van der Waals surface area contributed by atoms with Gasteiger partial charge < -0.3 is 5.32 Å². The van der Waals surface area contributed by atoms with Crippen molar-refractivity contribution in [3.8, 4) is 0 Å². The van der Waals surface area contributed by atoms with Gasteiger partial charge in [-0.25, -0.2) is 13.6 Å². The fraction of sp³-hybridized carbons (Fsp3) is 0.417. The van der Waals surface area contributed by atoms with Crippen molar-refractivity contribution >= 4 is 15.9 Å². The van der Waals surface area contributed by atoms with Crippen molar-refractivity contribution in [3.05, 3.63) is 29.3 Å². The Bertz CT molecular complexity index is 627. The number of aryl methyl sites for hydroxylation is 1. The van der Waals surface area contributed by atoms with E-state index in [4.69, 9.17) is 5.14 Å². The molecule has 1 aromatic rings. The number of hydrogen-bond donors (Lipinski definition) is 2. The van der Waals surface area contributed by atoms with Gasteiger partial charge in [-0.2, -0.15) is 13.2 Å². The molecule has 0 bridgehead atoms. The Morgan fingerprint density at radius 2 is 1.95 bits per heavy atom. The van der Waals surface area contributed by atoms with E-state index < -0.39 is 35.1 Å². The summed E-state index contributed by atoms with van der Waals surface area (Å²) in [7, 11) is -4.01. The molecule has 118 valence electrons. The van der Waals surface area contributed by atoms with Crippen LogP contribution < -0.4 is 10.5 Å². The van der Waals surface area contributed by atoms with E-state index in [-0.39, 0.29) is 10.5 Å². The van der Waals surface area contributed by atoms with Crippen LogP contribution in [0.2, 0.25) is 0 Å². The molecule has 3 N–H and O–H groups in total. The van der Waals surface area contributed by atoms with E-state index in [0.717, 1.165) is 6.07 Å². The maximum Gasteiger partial charge on any atom is 0.390 e. The molecule has 5 nitrogen and oxygen atoms in total. The highest BCUT2D eigenvalue weighted by molar-refractivity contribution is 7.89. The molecule has 0 aromatic heterocycles. The summed E-state index contributed by atoms with van der Waals surface area (Å²) in [4.78, 5) is 11.5. The van der Waals surface area contributed by atoms with Gasteiger partial charge in [0.1, 0.15) is 0 Å². The van der Waals surface area contributed by atoms with Crippen molar-refractivity contribution < 1.29 is 26.4 Å². The molecule has 1 rings (SSSR count). The number of primary sulfonamides is 1. The van der Waals surface area contributed by atoms with Gasteiger partial charge in [-0.1, -0.05) is 13.0 Å². The smallest absolute Gasteiger partial charge is 0.352 e. The van der Waals surface area contributed by atoms with Crippen LogP contribution in [0.3, 0.4) is 0 Å². The van der Waals surface area contributed by atoms with Gasteiger partial charge in [0.25, 0.3) is 5.91 Å². The largest absolute Gasteiger partial charge is 0.390 e. The quantitative estimate of drug-likeness (QED) is 0.862. The van der Waals surface area contributed by atoms with Crippen molar-refractivity contribution in [3.63, 3.8) is 0 Å². The van der Waals surface area contributed by atoms with Gasteiger partial charge in [-0.05, 0) is 24.1 Å². The minimum atomic E-state index is -4.37. The number of carbonyl (C=O) groups excluding carboxylic acids is 1. The van der Waals surface area contributed by atoms with Crippen LogP contribution in [-0.4, -0.2) is 27.0 Å². The molecule has 0 aliphatic rings. The molecule has 0 aliphatic heterocycles. The highest BCUT2D eigenvalue weighted by atomic mass is 32.2.